The molecule has 4 N–H and O–H groups in total. The Labute approximate surface area is 104 Å². The molecule has 98 valence electrons. The highest BCUT2D eigenvalue weighted by Crippen LogP contribution is 2.16. The second-order valence-corrected chi connectivity index (χ2v) is 3.56. The molecular formula is C10H16N6O2. The summed E-state index contributed by atoms with van der Waals surface area (Å²) < 4.78 is 10.2. The lowest BCUT2D eigenvalue weighted by Gasteiger charge is -2.07. The first kappa shape index (κ1) is 12.5. The van der Waals surface area contributed by atoms with Gasteiger partial charge in [-0.25, -0.2) is 4.98 Å². The molecule has 0 aromatic carbocycles. The molecule has 0 aliphatic carbocycles. The van der Waals surface area contributed by atoms with Crippen molar-refractivity contribution >= 4 is 22.9 Å². The number of methoxy groups -OCH3 is 1. The van der Waals surface area contributed by atoms with Crippen molar-refractivity contribution in [1.29, 1.82) is 0 Å². The van der Waals surface area contributed by atoms with Gasteiger partial charge in [0, 0.05) is 13.7 Å². The third-order valence-corrected chi connectivity index (χ3v) is 2.27. The molecule has 2 heterocycles. The van der Waals surface area contributed by atoms with E-state index in [1.165, 1.54) is 0 Å². The lowest BCUT2D eigenvalue weighted by atomic mass is 10.5. The maximum Gasteiger partial charge on any atom is 0.224 e. The summed E-state index contributed by atoms with van der Waals surface area (Å²) in [6.07, 6.45) is 1.55. The van der Waals surface area contributed by atoms with Gasteiger partial charge in [0.15, 0.2) is 11.5 Å². The quantitative estimate of drug-likeness (QED) is 0.595. The van der Waals surface area contributed by atoms with Crippen LogP contribution >= 0.6 is 0 Å². The molecule has 2 aromatic heterocycles. The average molecular weight is 252 g/mol. The zero-order valence-electron chi connectivity index (χ0n) is 10.1. The second kappa shape index (κ2) is 6.12. The number of hydrogen-bond donors (Lipinski definition) is 3. The molecule has 0 spiro atoms. The summed E-state index contributed by atoms with van der Waals surface area (Å²) in [5.74, 6) is 0.822. The number of H-pyrrole nitrogens is 1. The molecule has 0 amide bonds. The highest BCUT2D eigenvalue weighted by atomic mass is 16.5. The van der Waals surface area contributed by atoms with Crippen LogP contribution in [-0.4, -0.2) is 53.4 Å². The van der Waals surface area contributed by atoms with E-state index in [1.54, 1.807) is 13.4 Å². The molecular weight excluding hydrogens is 236 g/mol. The Morgan fingerprint density at radius 2 is 2.22 bits per heavy atom. The van der Waals surface area contributed by atoms with Gasteiger partial charge in [-0.15, -0.1) is 0 Å². The van der Waals surface area contributed by atoms with Crippen molar-refractivity contribution in [3.8, 4) is 0 Å². The van der Waals surface area contributed by atoms with E-state index in [2.05, 4.69) is 25.3 Å². The molecule has 2 rings (SSSR count). The molecule has 0 saturated heterocycles. The lowest BCUT2D eigenvalue weighted by molar-refractivity contribution is 0.0759. The molecule has 2 aromatic rings. The van der Waals surface area contributed by atoms with Crippen LogP contribution in [0, 0.1) is 0 Å². The maximum absolute atomic E-state index is 5.59. The molecule has 0 aliphatic heterocycles. The minimum Gasteiger partial charge on any atom is -0.382 e. The fourth-order valence-corrected chi connectivity index (χ4v) is 1.46. The van der Waals surface area contributed by atoms with Crippen LogP contribution in [0.3, 0.4) is 0 Å². The fraction of sp³-hybridized carbons (Fsp3) is 0.500. The topological polar surface area (TPSA) is 111 Å². The Balaban J connectivity index is 1.89. The van der Waals surface area contributed by atoms with Crippen LogP contribution in [0.4, 0.5) is 11.8 Å². The Kier molecular flexibility index (Phi) is 4.26. The average Bonchev–Trinajstić information content (AvgIpc) is 2.81. The summed E-state index contributed by atoms with van der Waals surface area (Å²) >= 11 is 0. The van der Waals surface area contributed by atoms with Gasteiger partial charge in [-0.05, 0) is 0 Å². The van der Waals surface area contributed by atoms with Crippen LogP contribution in [0.15, 0.2) is 6.33 Å². The third kappa shape index (κ3) is 3.05. The summed E-state index contributed by atoms with van der Waals surface area (Å²) in [6.45, 7) is 2.34. The predicted octanol–water partition coefficient (Wildman–Crippen LogP) is 0.0100. The number of aromatic amines is 1. The first-order valence-electron chi connectivity index (χ1n) is 5.58. The normalized spacial score (nSPS) is 10.9. The number of fused-ring (bicyclic) bond motifs is 1. The summed E-state index contributed by atoms with van der Waals surface area (Å²) in [6, 6.07) is 0. The van der Waals surface area contributed by atoms with E-state index < -0.39 is 0 Å². The van der Waals surface area contributed by atoms with Crippen molar-refractivity contribution in [2.75, 3.05) is 44.5 Å². The predicted molar refractivity (Wildman–Crippen MR) is 67.3 cm³/mol. The van der Waals surface area contributed by atoms with E-state index in [0.29, 0.717) is 37.8 Å². The zero-order chi connectivity index (χ0) is 12.8. The molecule has 0 atom stereocenters. The summed E-state index contributed by atoms with van der Waals surface area (Å²) in [5, 5.41) is 3.12. The molecule has 0 radical (unpaired) electrons. The maximum atomic E-state index is 5.59. The van der Waals surface area contributed by atoms with E-state index in [4.69, 9.17) is 15.2 Å². The minimum absolute atomic E-state index is 0.192. The lowest BCUT2D eigenvalue weighted by Crippen LogP contribution is -2.13. The Morgan fingerprint density at radius 3 is 3.06 bits per heavy atom. The first-order valence-corrected chi connectivity index (χ1v) is 5.58. The van der Waals surface area contributed by atoms with Crippen LogP contribution < -0.4 is 11.1 Å². The number of nitrogen functional groups attached to an aromatic ring is 1. The zero-order valence-corrected chi connectivity index (χ0v) is 10.1. The van der Waals surface area contributed by atoms with Crippen LogP contribution in [0.5, 0.6) is 0 Å². The summed E-state index contributed by atoms with van der Waals surface area (Å²) in [4.78, 5) is 15.1. The van der Waals surface area contributed by atoms with Gasteiger partial charge in [-0.3, -0.25) is 0 Å². The molecule has 0 bridgehead atoms. The van der Waals surface area contributed by atoms with Gasteiger partial charge in [0.25, 0.3) is 0 Å². The van der Waals surface area contributed by atoms with Gasteiger partial charge in [0.1, 0.15) is 5.52 Å². The molecule has 0 fully saturated rings. The van der Waals surface area contributed by atoms with Gasteiger partial charge in [0.2, 0.25) is 5.95 Å². The standard InChI is InChI=1S/C10H16N6O2/c1-17-4-5-18-3-2-12-8-7-9(14-6-13-7)16-10(11)15-8/h6H,2-5H2,1H3,(H4,11,12,13,14,15,16). The van der Waals surface area contributed by atoms with Gasteiger partial charge in [-0.1, -0.05) is 0 Å². The Hall–Kier alpha value is -1.93. The summed E-state index contributed by atoms with van der Waals surface area (Å²) in [5.41, 5.74) is 6.87. The number of imidazole rings is 1. The van der Waals surface area contributed by atoms with Crippen molar-refractivity contribution in [1.82, 2.24) is 19.9 Å². The monoisotopic (exact) mass is 252 g/mol. The molecule has 0 unspecified atom stereocenters. The molecule has 8 nitrogen and oxygen atoms in total. The van der Waals surface area contributed by atoms with E-state index >= 15 is 0 Å². The van der Waals surface area contributed by atoms with Crippen molar-refractivity contribution in [3.05, 3.63) is 6.33 Å². The van der Waals surface area contributed by atoms with Crippen LogP contribution in [0.2, 0.25) is 0 Å². The van der Waals surface area contributed by atoms with Gasteiger partial charge >= 0.3 is 0 Å². The van der Waals surface area contributed by atoms with Crippen LogP contribution in [-0.2, 0) is 9.47 Å². The van der Waals surface area contributed by atoms with Gasteiger partial charge < -0.3 is 25.5 Å². The first-order chi connectivity index (χ1) is 8.81. The molecule has 18 heavy (non-hydrogen) atoms. The Bertz CT molecular complexity index is 500. The van der Waals surface area contributed by atoms with Crippen LogP contribution in [0.1, 0.15) is 0 Å². The molecule has 0 aliphatic rings. The molecule has 8 heteroatoms. The van der Waals surface area contributed by atoms with E-state index in [-0.39, 0.29) is 5.95 Å². The number of aromatic nitrogens is 4. The van der Waals surface area contributed by atoms with E-state index in [0.717, 1.165) is 5.52 Å². The summed E-state index contributed by atoms with van der Waals surface area (Å²) in [7, 11) is 1.64. The largest absolute Gasteiger partial charge is 0.382 e. The van der Waals surface area contributed by atoms with E-state index in [9.17, 15) is 0 Å². The highest BCUT2D eigenvalue weighted by molar-refractivity contribution is 5.83. The van der Waals surface area contributed by atoms with Gasteiger partial charge in [0.05, 0.1) is 26.1 Å². The fourth-order valence-electron chi connectivity index (χ4n) is 1.46. The van der Waals surface area contributed by atoms with Crippen molar-refractivity contribution in [2.24, 2.45) is 0 Å². The number of ether oxygens (including phenoxy) is 2. The van der Waals surface area contributed by atoms with Crippen molar-refractivity contribution < 1.29 is 9.47 Å². The van der Waals surface area contributed by atoms with Crippen LogP contribution in [0.25, 0.3) is 11.2 Å². The SMILES string of the molecule is COCCOCCNc1nc(N)nc2nc[nH]c12. The molecule has 0 saturated carbocycles. The third-order valence-electron chi connectivity index (χ3n) is 2.27. The number of nitrogens with one attached hydrogen (secondary N) is 2. The Morgan fingerprint density at radius 1 is 1.33 bits per heavy atom. The van der Waals surface area contributed by atoms with Crippen molar-refractivity contribution in [2.45, 2.75) is 0 Å². The number of hydrogen-bond acceptors (Lipinski definition) is 7. The highest BCUT2D eigenvalue weighted by Gasteiger charge is 2.07. The number of anilines is 2. The minimum atomic E-state index is 0.192. The van der Waals surface area contributed by atoms with Crippen molar-refractivity contribution in [3.63, 3.8) is 0 Å². The number of nitrogens with zero attached hydrogens (tertiary/aromatic N) is 3. The number of rotatable bonds is 7. The smallest absolute Gasteiger partial charge is 0.224 e. The second-order valence-electron chi connectivity index (χ2n) is 3.56. The van der Waals surface area contributed by atoms with Gasteiger partial charge in [-0.2, -0.15) is 9.97 Å². The van der Waals surface area contributed by atoms with E-state index in [1.807, 2.05) is 0 Å². The number of nitrogens with two attached hydrogens (primary N) is 1.